The Balaban J connectivity index is 2.41. The number of nitrogen functional groups attached to an aromatic ring is 1. The van der Waals surface area contributed by atoms with Gasteiger partial charge in [0, 0.05) is 9.86 Å². The van der Waals surface area contributed by atoms with Crippen LogP contribution in [-0.2, 0) is 6.42 Å². The second-order valence-corrected chi connectivity index (χ2v) is 6.11. The molecule has 0 saturated carbocycles. The number of para-hydroxylation sites is 1. The number of nitrogens with two attached hydrogens (primary N) is 1. The molecule has 0 saturated heterocycles. The Kier molecular flexibility index (Phi) is 2.95. The molecule has 3 rings (SSSR count). The third kappa shape index (κ3) is 1.78. The van der Waals surface area contributed by atoms with Crippen molar-refractivity contribution in [3.63, 3.8) is 0 Å². The number of rotatable bonds is 2. The number of pyridine rings is 1. The van der Waals surface area contributed by atoms with Gasteiger partial charge in [0.2, 0.25) is 0 Å². The number of nitrogens with zero attached hydrogens (tertiary/aromatic N) is 2. The quantitative estimate of drug-likeness (QED) is 0.771. The molecule has 0 aliphatic carbocycles. The van der Waals surface area contributed by atoms with Gasteiger partial charge in [-0.2, -0.15) is 0 Å². The first kappa shape index (κ1) is 11.9. The molecule has 92 valence electrons. The van der Waals surface area contributed by atoms with Crippen LogP contribution in [0, 0.1) is 0 Å². The predicted octanol–water partition coefficient (Wildman–Crippen LogP) is 4.14. The number of anilines is 1. The molecule has 0 radical (unpaired) electrons. The lowest BCUT2D eigenvalue weighted by molar-refractivity contribution is 0.913. The summed E-state index contributed by atoms with van der Waals surface area (Å²) in [5, 5.41) is 2.25. The van der Waals surface area contributed by atoms with E-state index in [1.165, 1.54) is 0 Å². The summed E-state index contributed by atoms with van der Waals surface area (Å²) in [6, 6.07) is 6.07. The Morgan fingerprint density at radius 2 is 2.11 bits per heavy atom. The van der Waals surface area contributed by atoms with Crippen LogP contribution in [0.3, 0.4) is 0 Å². The maximum Gasteiger partial charge on any atom is 0.151 e. The van der Waals surface area contributed by atoms with Gasteiger partial charge in [0.05, 0.1) is 15.2 Å². The average Bonchev–Trinajstić information content (AvgIpc) is 2.76. The van der Waals surface area contributed by atoms with Gasteiger partial charge in [0.25, 0.3) is 0 Å². The van der Waals surface area contributed by atoms with E-state index in [1.54, 1.807) is 11.3 Å². The number of fused-ring (bicyclic) bond motifs is 3. The maximum absolute atomic E-state index is 6.01. The van der Waals surface area contributed by atoms with Crippen molar-refractivity contribution in [1.29, 1.82) is 0 Å². The van der Waals surface area contributed by atoms with Gasteiger partial charge in [-0.3, -0.25) is 0 Å². The third-order valence-electron chi connectivity index (χ3n) is 2.84. The minimum atomic E-state index is 0.517. The fourth-order valence-electron chi connectivity index (χ4n) is 2.03. The lowest BCUT2D eigenvalue weighted by atomic mass is 10.2. The molecule has 0 fully saturated rings. The molecule has 0 aliphatic heterocycles. The first-order valence-corrected chi connectivity index (χ1v) is 7.44. The highest BCUT2D eigenvalue weighted by molar-refractivity contribution is 9.10. The zero-order chi connectivity index (χ0) is 12.7. The third-order valence-corrected chi connectivity index (χ3v) is 4.63. The van der Waals surface area contributed by atoms with Crippen LogP contribution in [0.1, 0.15) is 18.4 Å². The number of aryl methyl sites for hydroxylation is 1. The van der Waals surface area contributed by atoms with Crippen LogP contribution < -0.4 is 5.73 Å². The molecule has 0 bridgehead atoms. The number of hydrogen-bond acceptors (Lipinski definition) is 4. The summed E-state index contributed by atoms with van der Waals surface area (Å²) in [6.45, 7) is 2.16. The van der Waals surface area contributed by atoms with Crippen LogP contribution in [-0.4, -0.2) is 9.97 Å². The molecule has 3 aromatic rings. The van der Waals surface area contributed by atoms with E-state index in [2.05, 4.69) is 38.9 Å². The maximum atomic E-state index is 6.01. The largest absolute Gasteiger partial charge is 0.382 e. The SMILES string of the molecule is CCCc1nc2c(N)nc3c(Br)cccc3c2s1. The van der Waals surface area contributed by atoms with E-state index < -0.39 is 0 Å². The second-order valence-electron chi connectivity index (χ2n) is 4.17. The molecule has 0 unspecified atom stereocenters. The highest BCUT2D eigenvalue weighted by Gasteiger charge is 2.13. The lowest BCUT2D eigenvalue weighted by Crippen LogP contribution is -1.93. The average molecular weight is 322 g/mol. The highest BCUT2D eigenvalue weighted by Crippen LogP contribution is 2.35. The minimum Gasteiger partial charge on any atom is -0.382 e. The fourth-order valence-corrected chi connectivity index (χ4v) is 3.68. The Morgan fingerprint density at radius 3 is 2.89 bits per heavy atom. The molecular weight excluding hydrogens is 310 g/mol. The molecule has 0 spiro atoms. The molecule has 0 aliphatic rings. The number of hydrogen-bond donors (Lipinski definition) is 1. The van der Waals surface area contributed by atoms with Gasteiger partial charge in [0.15, 0.2) is 5.82 Å². The molecule has 2 aromatic heterocycles. The van der Waals surface area contributed by atoms with E-state index in [1.807, 2.05) is 12.1 Å². The Labute approximate surface area is 117 Å². The van der Waals surface area contributed by atoms with Crippen molar-refractivity contribution >= 4 is 54.2 Å². The zero-order valence-corrected chi connectivity index (χ0v) is 12.3. The van der Waals surface area contributed by atoms with Crippen molar-refractivity contribution in [3.05, 3.63) is 27.7 Å². The fraction of sp³-hybridized carbons (Fsp3) is 0.231. The monoisotopic (exact) mass is 321 g/mol. The van der Waals surface area contributed by atoms with Crippen LogP contribution in [0.15, 0.2) is 22.7 Å². The molecule has 3 nitrogen and oxygen atoms in total. The van der Waals surface area contributed by atoms with Gasteiger partial charge in [-0.05, 0) is 34.8 Å². The standard InChI is InChI=1S/C13H12BrN3S/c1-2-4-9-16-11-12(18-9)7-5-3-6-8(14)10(7)17-13(11)15/h3,5-6H,2,4H2,1H3,(H2,15,17). The van der Waals surface area contributed by atoms with Crippen LogP contribution in [0.4, 0.5) is 5.82 Å². The molecule has 18 heavy (non-hydrogen) atoms. The van der Waals surface area contributed by atoms with E-state index in [9.17, 15) is 0 Å². The van der Waals surface area contributed by atoms with Crippen LogP contribution in [0.5, 0.6) is 0 Å². The van der Waals surface area contributed by atoms with Gasteiger partial charge in [-0.15, -0.1) is 11.3 Å². The van der Waals surface area contributed by atoms with Gasteiger partial charge in [-0.1, -0.05) is 19.1 Å². The van der Waals surface area contributed by atoms with E-state index in [4.69, 9.17) is 5.73 Å². The molecule has 2 N–H and O–H groups in total. The summed E-state index contributed by atoms with van der Waals surface area (Å²) in [7, 11) is 0. The first-order valence-electron chi connectivity index (χ1n) is 5.84. The minimum absolute atomic E-state index is 0.517. The van der Waals surface area contributed by atoms with Gasteiger partial charge in [-0.25, -0.2) is 9.97 Å². The molecule has 2 heterocycles. The topological polar surface area (TPSA) is 51.8 Å². The van der Waals surface area contributed by atoms with Crippen LogP contribution in [0.2, 0.25) is 0 Å². The number of halogens is 1. The van der Waals surface area contributed by atoms with E-state index in [0.717, 1.165) is 43.4 Å². The van der Waals surface area contributed by atoms with Gasteiger partial charge in [0.1, 0.15) is 5.52 Å². The van der Waals surface area contributed by atoms with E-state index >= 15 is 0 Å². The van der Waals surface area contributed by atoms with Crippen LogP contribution in [0.25, 0.3) is 21.1 Å². The van der Waals surface area contributed by atoms with Gasteiger partial charge >= 0.3 is 0 Å². The summed E-state index contributed by atoms with van der Waals surface area (Å²) in [6.07, 6.45) is 2.09. The molecule has 0 amide bonds. The molecule has 1 aromatic carbocycles. The Bertz CT molecular complexity index is 736. The van der Waals surface area contributed by atoms with E-state index in [-0.39, 0.29) is 0 Å². The lowest BCUT2D eigenvalue weighted by Gasteiger charge is -2.02. The summed E-state index contributed by atoms with van der Waals surface area (Å²) in [4.78, 5) is 9.05. The number of thiazole rings is 1. The van der Waals surface area contributed by atoms with Crippen molar-refractivity contribution in [1.82, 2.24) is 9.97 Å². The normalized spacial score (nSPS) is 11.4. The van der Waals surface area contributed by atoms with Crippen molar-refractivity contribution in [2.24, 2.45) is 0 Å². The van der Waals surface area contributed by atoms with Gasteiger partial charge < -0.3 is 5.73 Å². The first-order chi connectivity index (χ1) is 8.70. The summed E-state index contributed by atoms with van der Waals surface area (Å²) in [5.74, 6) is 0.517. The summed E-state index contributed by atoms with van der Waals surface area (Å²) >= 11 is 5.24. The summed E-state index contributed by atoms with van der Waals surface area (Å²) < 4.78 is 2.11. The molecular formula is C13H12BrN3S. The summed E-state index contributed by atoms with van der Waals surface area (Å²) in [5.41, 5.74) is 7.77. The molecule has 5 heteroatoms. The van der Waals surface area contributed by atoms with Crippen molar-refractivity contribution in [2.75, 3.05) is 5.73 Å². The number of benzene rings is 1. The van der Waals surface area contributed by atoms with Crippen molar-refractivity contribution in [2.45, 2.75) is 19.8 Å². The van der Waals surface area contributed by atoms with Crippen LogP contribution >= 0.6 is 27.3 Å². The Morgan fingerprint density at radius 1 is 1.28 bits per heavy atom. The zero-order valence-electron chi connectivity index (χ0n) is 9.90. The predicted molar refractivity (Wildman–Crippen MR) is 81.0 cm³/mol. The van der Waals surface area contributed by atoms with Crippen molar-refractivity contribution < 1.29 is 0 Å². The van der Waals surface area contributed by atoms with Crippen molar-refractivity contribution in [3.8, 4) is 0 Å². The highest BCUT2D eigenvalue weighted by atomic mass is 79.9. The molecule has 0 atom stereocenters. The van der Waals surface area contributed by atoms with E-state index in [0.29, 0.717) is 5.82 Å². The Hall–Kier alpha value is -1.20. The second kappa shape index (κ2) is 4.48. The smallest absolute Gasteiger partial charge is 0.151 e. The number of aromatic nitrogens is 2.